The molecule has 0 saturated carbocycles. The van der Waals surface area contributed by atoms with E-state index in [2.05, 4.69) is 80.1 Å². The van der Waals surface area contributed by atoms with Gasteiger partial charge in [-0.1, -0.05) is 0 Å². The largest absolute Gasteiger partial charge is 1.00 e. The Morgan fingerprint density at radius 2 is 0.892 bits per heavy atom. The number of aliphatic hydroxyl groups excluding tert-OH is 2. The summed E-state index contributed by atoms with van der Waals surface area (Å²) >= 11 is 9.30. The molecule has 0 unspecified atom stereocenters. The Balaban J connectivity index is 0.000000647. The van der Waals surface area contributed by atoms with Crippen LogP contribution in [0.1, 0.15) is 78.5 Å². The second kappa shape index (κ2) is 50.1. The molecule has 0 radical (unpaired) electrons. The van der Waals surface area contributed by atoms with Crippen LogP contribution in [-0.2, 0) is 136 Å². The number of H-pyrrole nitrogens is 1. The molecule has 47 heteroatoms. The Bertz CT molecular complexity index is 5270. The van der Waals surface area contributed by atoms with Crippen molar-refractivity contribution in [2.45, 2.75) is 106 Å². The number of imidazole rings is 3. The number of halogens is 2. The minimum absolute atomic E-state index is 0. The van der Waals surface area contributed by atoms with Crippen molar-refractivity contribution in [2.24, 2.45) is 42.3 Å². The summed E-state index contributed by atoms with van der Waals surface area (Å²) in [7, 11) is 16.4. The van der Waals surface area contributed by atoms with Gasteiger partial charge in [-0.25, -0.2) is 63.4 Å². The zero-order valence-corrected chi connectivity index (χ0v) is 71.3. The monoisotopic (exact) mass is 1740 g/mol. The number of carboxylic acids is 1. The van der Waals surface area contributed by atoms with Crippen molar-refractivity contribution in [3.05, 3.63) is 178 Å². The van der Waals surface area contributed by atoms with Gasteiger partial charge in [0.25, 0.3) is 26.8 Å². The fraction of sp³-hybridized carbons (Fsp3) is 0.453. The molecule has 1 fully saturated rings. The molecule has 0 aliphatic carbocycles. The standard InChI is InChI=1S/2C13H15N5O2S.C7H8N4O2.C7H11NO3S2.C7H9NO2S.C6H7NO2S.C6H9NOS.C4H8O.CH4O.Al.Cl2OS.Li.4H/c2*1-8-15-9(6-21-8)4-5-18-12(19)10-11(14-7-16(10)2)17(3)13(18)20;1-10-3-8-5-4(10)6(12)9-7(13)11(5)2;1-6-8-7(5-12-6)3-4-11-13(2,9)10;1-5-8-6(4-11-5)3-7(9)10-2;1-4-7-5(3-10-4)2-6(8)9;1-5-7-6(2-3-8)4-9-5;1-2-4-5-3-1;1-2;;1-4(2)3;;;;;/h2*6-7H,4-5H2,1-3H3;3H,1-2H3,(H,9,12,13);5H,3-4H2,1-2H3;4H,3H2,1-2H3;3H,2H2,1H3,(H,8,9);4,8H,2-3H2,1H3;1-4H2;2H,1H3;;;;;;;/q;;;;;;;;;;;+1;;;;-1. The summed E-state index contributed by atoms with van der Waals surface area (Å²) in [5.74, 6) is -1.07. The number of aromatic amines is 1. The number of aryl methyl sites for hydroxylation is 14. The van der Waals surface area contributed by atoms with Crippen LogP contribution in [0.2, 0.25) is 0 Å². The number of rotatable bonds is 16. The fourth-order valence-electron chi connectivity index (χ4n) is 9.27. The second-order valence-electron chi connectivity index (χ2n) is 22.7. The average Bonchev–Trinajstić information content (AvgIpc) is 1.54. The molecule has 0 spiro atoms. The summed E-state index contributed by atoms with van der Waals surface area (Å²) < 4.78 is 55.7. The van der Waals surface area contributed by atoms with E-state index in [9.17, 15) is 46.8 Å². The number of carbonyl (C=O) groups is 2. The summed E-state index contributed by atoms with van der Waals surface area (Å²) in [6.07, 6.45) is 10.8. The van der Waals surface area contributed by atoms with E-state index in [1.54, 1.807) is 119 Å². The van der Waals surface area contributed by atoms with E-state index in [0.717, 1.165) is 85.1 Å². The molecule has 111 heavy (non-hydrogen) atoms. The number of esters is 1. The normalized spacial score (nSPS) is 11.1. The number of thiazole rings is 6. The van der Waals surface area contributed by atoms with Gasteiger partial charge in [-0.15, -0.1) is 68.0 Å². The third-order valence-corrected chi connectivity index (χ3v) is 19.8. The molecule has 1 saturated heterocycles. The number of carbonyl (C=O) groups excluding carboxylic acids is 1. The molecule has 13 heterocycles. The summed E-state index contributed by atoms with van der Waals surface area (Å²) in [5, 5.41) is 41.2. The van der Waals surface area contributed by atoms with E-state index in [1.807, 2.05) is 68.4 Å². The van der Waals surface area contributed by atoms with Crippen molar-refractivity contribution in [1.29, 1.82) is 0 Å². The molecular weight excluding hydrogens is 1650 g/mol. The summed E-state index contributed by atoms with van der Waals surface area (Å²) in [5.41, 5.74) is 5.46. The van der Waals surface area contributed by atoms with Gasteiger partial charge in [0.15, 0.2) is 50.9 Å². The topological polar surface area (TPSA) is 447 Å². The van der Waals surface area contributed by atoms with E-state index >= 15 is 0 Å². The number of aliphatic carboxylic acids is 1. The number of nitrogens with one attached hydrogen (secondary N) is 1. The number of hydrogen-bond acceptors (Lipinski definition) is 31. The molecule has 604 valence electrons. The third-order valence-electron chi connectivity index (χ3n) is 14.3. The molecule has 12 aromatic heterocycles. The molecule has 1 aliphatic heterocycles. The maximum Gasteiger partial charge on any atom is 1.00 e. The van der Waals surface area contributed by atoms with Crippen LogP contribution >= 0.6 is 89.4 Å². The SMILES string of the molecule is C1CCOC1.CO.COC(=O)Cc1csc(C)n1.Cc1nc(CC(=O)O)cs1.Cc1nc(CCO)cs1.Cc1nc(CCOS(C)(=O)=O)cs1.Cc1nc(CCn2c(=O)c3c(ncn3C)n(C)c2=O)cs1.Cc1nc(CCn2c(=O)c3c(ncn3C)n(C)c2=O)cs1.Cn1cnc2c1c(=O)[nH]c(=O)n2C.O=S(Cl)Cl.[AlH3].[H-].[Li+]. The fourth-order valence-corrected chi connectivity index (χ4v) is 13.5. The third kappa shape index (κ3) is 33.4. The van der Waals surface area contributed by atoms with Crippen LogP contribution in [0.25, 0.3) is 33.5 Å². The van der Waals surface area contributed by atoms with E-state index < -0.39 is 36.6 Å². The Morgan fingerprint density at radius 1 is 0.568 bits per heavy atom. The van der Waals surface area contributed by atoms with Crippen LogP contribution in [-0.4, -0.2) is 191 Å². The van der Waals surface area contributed by atoms with Crippen molar-refractivity contribution < 1.29 is 71.5 Å². The minimum Gasteiger partial charge on any atom is -1.00 e. The van der Waals surface area contributed by atoms with Gasteiger partial charge in [-0.2, -0.15) is 8.42 Å². The van der Waals surface area contributed by atoms with Gasteiger partial charge in [0.2, 0.25) is 9.23 Å². The molecular formula is C64H90AlCl2LiN18O17S8. The van der Waals surface area contributed by atoms with Gasteiger partial charge in [0.1, 0.15) is 0 Å². The van der Waals surface area contributed by atoms with Crippen LogP contribution in [0.4, 0.5) is 0 Å². The molecule has 0 atom stereocenters. The predicted molar refractivity (Wildman–Crippen MR) is 437 cm³/mol. The zero-order valence-electron chi connectivity index (χ0n) is 64.3. The van der Waals surface area contributed by atoms with E-state index in [1.165, 1.54) is 71.8 Å². The van der Waals surface area contributed by atoms with Gasteiger partial charge in [-0.05, 0) is 54.4 Å². The van der Waals surface area contributed by atoms with Crippen molar-refractivity contribution in [2.75, 3.05) is 46.9 Å². The van der Waals surface area contributed by atoms with Gasteiger partial charge < -0.3 is 39.9 Å². The van der Waals surface area contributed by atoms with Crippen LogP contribution in [0.3, 0.4) is 0 Å². The van der Waals surface area contributed by atoms with Crippen LogP contribution in [0.5, 0.6) is 0 Å². The maximum absolute atomic E-state index is 12.5. The van der Waals surface area contributed by atoms with Crippen molar-refractivity contribution >= 4 is 172 Å². The molecule has 12 aromatic rings. The second-order valence-corrected chi connectivity index (χ2v) is 33.3. The van der Waals surface area contributed by atoms with Crippen LogP contribution in [0, 0.1) is 41.5 Å². The average molecular weight is 1740 g/mol. The van der Waals surface area contributed by atoms with Crippen molar-refractivity contribution in [3.8, 4) is 0 Å². The van der Waals surface area contributed by atoms with Gasteiger partial charge >= 0.3 is 47.9 Å². The van der Waals surface area contributed by atoms with Crippen molar-refractivity contribution in [1.82, 2.24) is 86.4 Å². The van der Waals surface area contributed by atoms with E-state index in [-0.39, 0.29) is 92.2 Å². The molecule has 0 bridgehead atoms. The number of methoxy groups -OCH3 is 1. The number of ether oxygens (including phenoxy) is 2. The van der Waals surface area contributed by atoms with Gasteiger partial charge in [0.05, 0.1) is 116 Å². The number of carboxylic acid groups (broad SMARTS) is 1. The summed E-state index contributed by atoms with van der Waals surface area (Å²) in [4.78, 5) is 132. The molecule has 1 aliphatic rings. The Labute approximate surface area is 696 Å². The van der Waals surface area contributed by atoms with E-state index in [0.29, 0.717) is 78.0 Å². The first-order valence-electron chi connectivity index (χ1n) is 32.3. The first-order chi connectivity index (χ1) is 51.5. The minimum atomic E-state index is -3.31. The first kappa shape index (κ1) is 99.9. The number of nitrogens with zero attached hydrogens (tertiary/aromatic N) is 17. The van der Waals surface area contributed by atoms with Crippen LogP contribution < -0.4 is 52.6 Å². The number of aromatic nitrogens is 18. The molecule has 35 nitrogen and oxygen atoms in total. The molecule has 4 N–H and O–H groups in total. The summed E-state index contributed by atoms with van der Waals surface area (Å²) in [6.45, 7) is 14.5. The maximum atomic E-state index is 12.5. The van der Waals surface area contributed by atoms with Crippen molar-refractivity contribution in [3.63, 3.8) is 0 Å². The molecule has 0 amide bonds. The van der Waals surface area contributed by atoms with Gasteiger partial charge in [-0.3, -0.25) is 56.0 Å². The first-order valence-corrected chi connectivity index (χ1v) is 42.2. The molecule has 13 rings (SSSR count). The number of aliphatic hydroxyl groups is 2. The smallest absolute Gasteiger partial charge is 1.00 e. The molecule has 0 aromatic carbocycles. The Morgan fingerprint density at radius 3 is 1.20 bits per heavy atom. The van der Waals surface area contributed by atoms with Crippen LogP contribution in [0.15, 0.2) is 80.0 Å². The quantitative estimate of drug-likeness (QED) is 0.0460. The summed E-state index contributed by atoms with van der Waals surface area (Å²) in [6, 6.07) is 0. The Kier molecular flexibility index (Phi) is 45.1. The number of hydrogen-bond donors (Lipinski definition) is 4. The predicted octanol–water partition coefficient (Wildman–Crippen LogP) is 1.43. The van der Waals surface area contributed by atoms with E-state index in [4.69, 9.17) is 24.3 Å². The zero-order chi connectivity index (χ0) is 81.4. The van der Waals surface area contributed by atoms with Gasteiger partial charge in [0, 0.05) is 162 Å². The number of fused-ring (bicyclic) bond motifs is 3. The Hall–Kier alpha value is -7.18.